The van der Waals surface area contributed by atoms with Gasteiger partial charge in [0, 0.05) is 18.1 Å². The van der Waals surface area contributed by atoms with E-state index in [1.807, 2.05) is 70.2 Å². The Hall–Kier alpha value is -3.91. The molecule has 3 aromatic rings. The molecule has 2 unspecified atom stereocenters. The molecule has 3 aromatic carbocycles. The van der Waals surface area contributed by atoms with E-state index >= 15 is 0 Å². The molecular formula is C31H39NO7. The van der Waals surface area contributed by atoms with Crippen molar-refractivity contribution in [2.75, 3.05) is 21.3 Å². The number of nitrogens with two attached hydrogens (primary N) is 1. The predicted octanol–water partition coefficient (Wildman–Crippen LogP) is 5.89. The SMILES string of the molecule is CC.CC.COc1ccc(C23Oc4cc(OC)cc(OC)c4[C@]2(O)[C@H](OC(N)=O)CC3c2ccccc2)cc1. The molecule has 5 rings (SSSR count). The first-order chi connectivity index (χ1) is 18.9. The third-order valence-corrected chi connectivity index (χ3v) is 7.10. The highest BCUT2D eigenvalue weighted by atomic mass is 16.6. The number of aliphatic hydroxyl groups is 1. The quantitative estimate of drug-likeness (QED) is 0.403. The largest absolute Gasteiger partial charge is 0.497 e. The minimum atomic E-state index is -1.83. The molecular weight excluding hydrogens is 498 g/mol. The van der Waals surface area contributed by atoms with Crippen LogP contribution in [0.1, 0.15) is 56.7 Å². The van der Waals surface area contributed by atoms with Gasteiger partial charge in [-0.1, -0.05) is 70.2 Å². The minimum Gasteiger partial charge on any atom is -0.497 e. The van der Waals surface area contributed by atoms with Crippen LogP contribution in [0.4, 0.5) is 4.79 Å². The molecule has 0 radical (unpaired) electrons. The fraction of sp³-hybridized carbons (Fsp3) is 0.387. The maximum absolute atomic E-state index is 12.7. The van der Waals surface area contributed by atoms with E-state index in [9.17, 15) is 9.90 Å². The molecule has 1 aliphatic carbocycles. The Morgan fingerprint density at radius 3 is 2.05 bits per heavy atom. The summed E-state index contributed by atoms with van der Waals surface area (Å²) in [6, 6.07) is 20.4. The van der Waals surface area contributed by atoms with Crippen LogP contribution in [0.2, 0.25) is 0 Å². The van der Waals surface area contributed by atoms with E-state index in [1.54, 1.807) is 31.4 Å². The Balaban J connectivity index is 0.00000100. The molecule has 0 saturated heterocycles. The van der Waals surface area contributed by atoms with Crippen molar-refractivity contribution in [1.29, 1.82) is 0 Å². The summed E-state index contributed by atoms with van der Waals surface area (Å²) in [7, 11) is 4.62. The molecule has 1 fully saturated rings. The van der Waals surface area contributed by atoms with Crippen LogP contribution in [0.15, 0.2) is 66.7 Å². The minimum absolute atomic E-state index is 0.268. The van der Waals surface area contributed by atoms with Crippen molar-refractivity contribution >= 4 is 6.09 Å². The number of methoxy groups -OCH3 is 3. The number of benzene rings is 3. The lowest BCUT2D eigenvalue weighted by molar-refractivity contribution is -0.150. The maximum Gasteiger partial charge on any atom is 0.404 e. The predicted molar refractivity (Wildman–Crippen MR) is 150 cm³/mol. The Morgan fingerprint density at radius 2 is 1.51 bits per heavy atom. The van der Waals surface area contributed by atoms with Gasteiger partial charge in [0.05, 0.1) is 26.9 Å². The zero-order chi connectivity index (χ0) is 28.8. The van der Waals surface area contributed by atoms with Crippen LogP contribution in [-0.4, -0.2) is 38.6 Å². The molecule has 39 heavy (non-hydrogen) atoms. The number of hydrogen-bond donors (Lipinski definition) is 2. The molecule has 0 spiro atoms. The fourth-order valence-corrected chi connectivity index (χ4v) is 5.67. The molecule has 1 heterocycles. The normalized spacial score (nSPS) is 23.9. The van der Waals surface area contributed by atoms with Gasteiger partial charge in [-0.25, -0.2) is 4.79 Å². The van der Waals surface area contributed by atoms with Crippen molar-refractivity contribution in [3.8, 4) is 23.0 Å². The highest BCUT2D eigenvalue weighted by Crippen LogP contribution is 2.69. The van der Waals surface area contributed by atoms with Crippen LogP contribution in [0.5, 0.6) is 23.0 Å². The standard InChI is InChI=1S/C27H27NO7.2C2H6/c1-31-18-11-9-17(10-12-18)27-20(16-7-5-4-6-8-16)15-23(34-25(28)29)26(27,30)24-21(33-3)13-19(32-2)14-22(24)35-27;2*1-2/h4-14,20,23,30H,15H2,1-3H3,(H2,28,29);2*1-2H3/t20?,23-,26-,27?;;/m1../s1. The van der Waals surface area contributed by atoms with Gasteiger partial charge in [-0.3, -0.25) is 0 Å². The summed E-state index contributed by atoms with van der Waals surface area (Å²) in [5.41, 5.74) is 4.24. The smallest absolute Gasteiger partial charge is 0.404 e. The monoisotopic (exact) mass is 537 g/mol. The van der Waals surface area contributed by atoms with Crippen molar-refractivity contribution in [2.24, 2.45) is 5.73 Å². The third-order valence-electron chi connectivity index (χ3n) is 7.10. The Labute approximate surface area is 230 Å². The van der Waals surface area contributed by atoms with Gasteiger partial charge in [-0.15, -0.1) is 0 Å². The summed E-state index contributed by atoms with van der Waals surface area (Å²) in [5.74, 6) is 1.47. The first-order valence-corrected chi connectivity index (χ1v) is 13.2. The van der Waals surface area contributed by atoms with Gasteiger partial charge < -0.3 is 34.5 Å². The number of hydrogen-bond acceptors (Lipinski definition) is 7. The van der Waals surface area contributed by atoms with Crippen LogP contribution < -0.4 is 24.7 Å². The van der Waals surface area contributed by atoms with Gasteiger partial charge in [-0.05, 0) is 29.7 Å². The second kappa shape index (κ2) is 12.3. The van der Waals surface area contributed by atoms with Crippen LogP contribution in [-0.2, 0) is 15.9 Å². The van der Waals surface area contributed by atoms with Crippen LogP contribution >= 0.6 is 0 Å². The molecule has 1 amide bonds. The van der Waals surface area contributed by atoms with Crippen molar-refractivity contribution in [2.45, 2.75) is 57.3 Å². The van der Waals surface area contributed by atoms with Crippen molar-refractivity contribution in [3.63, 3.8) is 0 Å². The number of amides is 1. The molecule has 210 valence electrons. The number of carbonyl (C=O) groups excluding carboxylic acids is 1. The first-order valence-electron chi connectivity index (χ1n) is 13.2. The van der Waals surface area contributed by atoms with Crippen molar-refractivity contribution in [1.82, 2.24) is 0 Å². The molecule has 4 atom stereocenters. The van der Waals surface area contributed by atoms with Crippen LogP contribution in [0.3, 0.4) is 0 Å². The number of fused-ring (bicyclic) bond motifs is 3. The van der Waals surface area contributed by atoms with Crippen LogP contribution in [0.25, 0.3) is 0 Å². The van der Waals surface area contributed by atoms with E-state index < -0.39 is 29.3 Å². The molecule has 1 saturated carbocycles. The molecule has 0 aromatic heterocycles. The van der Waals surface area contributed by atoms with Gasteiger partial charge in [0.1, 0.15) is 29.1 Å². The van der Waals surface area contributed by atoms with Gasteiger partial charge in [0.15, 0.2) is 11.2 Å². The number of carbonyl (C=O) groups is 1. The number of rotatable bonds is 6. The van der Waals surface area contributed by atoms with Gasteiger partial charge in [0.25, 0.3) is 0 Å². The summed E-state index contributed by atoms with van der Waals surface area (Å²) in [6.45, 7) is 8.00. The fourth-order valence-electron chi connectivity index (χ4n) is 5.67. The van der Waals surface area contributed by atoms with E-state index in [1.165, 1.54) is 14.2 Å². The van der Waals surface area contributed by atoms with E-state index in [0.717, 1.165) is 5.56 Å². The summed E-state index contributed by atoms with van der Waals surface area (Å²) < 4.78 is 28.8. The number of primary amides is 1. The first kappa shape index (κ1) is 29.6. The summed E-state index contributed by atoms with van der Waals surface area (Å²) in [5, 5.41) is 12.7. The topological polar surface area (TPSA) is 109 Å². The zero-order valence-electron chi connectivity index (χ0n) is 23.7. The lowest BCUT2D eigenvalue weighted by Gasteiger charge is -2.41. The van der Waals surface area contributed by atoms with Crippen molar-refractivity contribution < 1.29 is 33.6 Å². The molecule has 1 aliphatic heterocycles. The lowest BCUT2D eigenvalue weighted by atomic mass is 9.71. The second-order valence-corrected chi connectivity index (χ2v) is 8.66. The molecule has 8 heteroatoms. The highest BCUT2D eigenvalue weighted by molar-refractivity contribution is 5.67. The summed E-state index contributed by atoms with van der Waals surface area (Å²) in [6.07, 6.45) is -1.73. The van der Waals surface area contributed by atoms with Crippen LogP contribution in [0, 0.1) is 0 Å². The number of ether oxygens (including phenoxy) is 5. The van der Waals surface area contributed by atoms with E-state index in [-0.39, 0.29) is 6.42 Å². The summed E-state index contributed by atoms with van der Waals surface area (Å²) >= 11 is 0. The van der Waals surface area contributed by atoms with Gasteiger partial charge in [-0.2, -0.15) is 0 Å². The van der Waals surface area contributed by atoms with Crippen molar-refractivity contribution in [3.05, 3.63) is 83.4 Å². The summed E-state index contributed by atoms with van der Waals surface area (Å²) in [4.78, 5) is 12.0. The molecule has 2 aliphatic rings. The lowest BCUT2D eigenvalue weighted by Crippen LogP contribution is -2.53. The molecule has 0 bridgehead atoms. The molecule has 8 nitrogen and oxygen atoms in total. The average Bonchev–Trinajstić information content (AvgIpc) is 3.39. The Kier molecular flexibility index (Phi) is 9.35. The second-order valence-electron chi connectivity index (χ2n) is 8.66. The van der Waals surface area contributed by atoms with Gasteiger partial charge in [0.2, 0.25) is 0 Å². The third kappa shape index (κ3) is 4.74. The average molecular weight is 538 g/mol. The van der Waals surface area contributed by atoms with E-state index in [0.29, 0.717) is 34.1 Å². The Bertz CT molecular complexity index is 1250. The zero-order valence-corrected chi connectivity index (χ0v) is 23.7. The Morgan fingerprint density at radius 1 is 0.897 bits per heavy atom. The van der Waals surface area contributed by atoms with Gasteiger partial charge >= 0.3 is 6.09 Å². The van der Waals surface area contributed by atoms with E-state index in [4.69, 9.17) is 29.4 Å². The van der Waals surface area contributed by atoms with E-state index in [2.05, 4.69) is 0 Å². The highest BCUT2D eigenvalue weighted by Gasteiger charge is 2.75. The molecule has 3 N–H and O–H groups in total. The maximum atomic E-state index is 12.7.